The Balaban J connectivity index is 1.99. The highest BCUT2D eigenvalue weighted by atomic mass is 16.3. The molecule has 4 nitrogen and oxygen atoms in total. The summed E-state index contributed by atoms with van der Waals surface area (Å²) in [6, 6.07) is 4.23. The first kappa shape index (κ1) is 20.3. The van der Waals surface area contributed by atoms with E-state index in [0.29, 0.717) is 12.1 Å². The molecule has 0 bridgehead atoms. The van der Waals surface area contributed by atoms with E-state index >= 15 is 0 Å². The second-order valence-corrected chi connectivity index (χ2v) is 6.52. The summed E-state index contributed by atoms with van der Waals surface area (Å²) in [7, 11) is 0. The van der Waals surface area contributed by atoms with Crippen LogP contribution in [-0.2, 0) is 11.2 Å². The molecule has 0 aliphatic carbocycles. The van der Waals surface area contributed by atoms with Gasteiger partial charge in [-0.15, -0.1) is 0 Å². The molecule has 0 aliphatic rings. The molecule has 0 saturated carbocycles. The van der Waals surface area contributed by atoms with Crippen LogP contribution >= 0.6 is 0 Å². The van der Waals surface area contributed by atoms with Crippen LogP contribution in [-0.4, -0.2) is 22.7 Å². The van der Waals surface area contributed by atoms with Crippen LogP contribution in [0.15, 0.2) is 18.2 Å². The van der Waals surface area contributed by atoms with E-state index in [1.54, 1.807) is 0 Å². The number of nitrogens with one attached hydrogen (secondary N) is 1. The molecule has 4 heteroatoms. The summed E-state index contributed by atoms with van der Waals surface area (Å²) in [5.41, 5.74) is 0.454. The van der Waals surface area contributed by atoms with Crippen LogP contribution in [0.5, 0.6) is 11.5 Å². The molecule has 0 heterocycles. The van der Waals surface area contributed by atoms with Crippen molar-refractivity contribution >= 4 is 5.91 Å². The molecular weight excluding hydrogens is 302 g/mol. The molecule has 0 radical (unpaired) electrons. The summed E-state index contributed by atoms with van der Waals surface area (Å²) < 4.78 is 0. The lowest BCUT2D eigenvalue weighted by molar-refractivity contribution is -0.120. The van der Waals surface area contributed by atoms with Crippen molar-refractivity contribution in [3.05, 3.63) is 23.8 Å². The maximum atomic E-state index is 11.8. The Kier molecular flexibility index (Phi) is 10.7. The van der Waals surface area contributed by atoms with Crippen LogP contribution in [0.1, 0.15) is 76.7 Å². The van der Waals surface area contributed by atoms with Crippen molar-refractivity contribution in [3.63, 3.8) is 0 Å². The number of amides is 1. The highest BCUT2D eigenvalue weighted by Gasteiger charge is 2.08. The van der Waals surface area contributed by atoms with Crippen molar-refractivity contribution < 1.29 is 15.0 Å². The van der Waals surface area contributed by atoms with E-state index in [9.17, 15) is 15.0 Å². The van der Waals surface area contributed by atoms with Crippen molar-refractivity contribution in [2.45, 2.75) is 77.6 Å². The van der Waals surface area contributed by atoms with Gasteiger partial charge >= 0.3 is 0 Å². The van der Waals surface area contributed by atoms with Gasteiger partial charge in [0.1, 0.15) is 11.5 Å². The second kappa shape index (κ2) is 12.7. The molecule has 0 fully saturated rings. The van der Waals surface area contributed by atoms with E-state index in [-0.39, 0.29) is 23.8 Å². The predicted molar refractivity (Wildman–Crippen MR) is 98.3 cm³/mol. The Hall–Kier alpha value is -1.71. The van der Waals surface area contributed by atoms with Crippen LogP contribution in [0.4, 0.5) is 0 Å². The monoisotopic (exact) mass is 335 g/mol. The Bertz CT molecular complexity index is 474. The smallest absolute Gasteiger partial charge is 0.224 e. The molecule has 1 amide bonds. The number of phenols is 2. The summed E-state index contributed by atoms with van der Waals surface area (Å²) in [5.74, 6) is -0.0148. The van der Waals surface area contributed by atoms with Crippen molar-refractivity contribution in [3.8, 4) is 11.5 Å². The highest BCUT2D eigenvalue weighted by molar-refractivity contribution is 5.79. The summed E-state index contributed by atoms with van der Waals surface area (Å²) in [4.78, 5) is 11.8. The predicted octanol–water partition coefficient (Wildman–Crippen LogP) is 4.68. The minimum absolute atomic E-state index is 0.0434. The lowest BCUT2D eigenvalue weighted by Crippen LogP contribution is -2.26. The van der Waals surface area contributed by atoms with Crippen molar-refractivity contribution in [1.29, 1.82) is 0 Å². The average Bonchev–Trinajstić information content (AvgIpc) is 2.56. The fourth-order valence-electron chi connectivity index (χ4n) is 2.79. The van der Waals surface area contributed by atoms with Gasteiger partial charge in [0.15, 0.2) is 0 Å². The molecule has 0 aliphatic heterocycles. The lowest BCUT2D eigenvalue weighted by atomic mass is 10.1. The number of phenolic OH excluding ortho intramolecular Hbond substituents is 2. The molecule has 0 saturated heterocycles. The number of unbranched alkanes of at least 4 members (excludes halogenated alkanes) is 9. The van der Waals surface area contributed by atoms with Gasteiger partial charge in [-0.05, 0) is 24.6 Å². The maximum absolute atomic E-state index is 11.8. The Morgan fingerprint density at radius 1 is 0.917 bits per heavy atom. The highest BCUT2D eigenvalue weighted by Crippen LogP contribution is 2.22. The average molecular weight is 335 g/mol. The molecule has 3 N–H and O–H groups in total. The van der Waals surface area contributed by atoms with E-state index in [1.165, 1.54) is 69.6 Å². The fraction of sp³-hybridized carbons (Fsp3) is 0.650. The molecule has 0 spiro atoms. The number of carbonyl (C=O) groups excluding carboxylic acids is 1. The third-order valence-electron chi connectivity index (χ3n) is 4.27. The molecule has 1 aromatic rings. The summed E-state index contributed by atoms with van der Waals surface area (Å²) >= 11 is 0. The third-order valence-corrected chi connectivity index (χ3v) is 4.27. The van der Waals surface area contributed by atoms with Crippen LogP contribution in [0.3, 0.4) is 0 Å². The topological polar surface area (TPSA) is 69.6 Å². The first-order valence-corrected chi connectivity index (χ1v) is 9.41. The second-order valence-electron chi connectivity index (χ2n) is 6.52. The van der Waals surface area contributed by atoms with Gasteiger partial charge in [0.25, 0.3) is 0 Å². The van der Waals surface area contributed by atoms with Crippen molar-refractivity contribution in [1.82, 2.24) is 5.32 Å². The molecule has 1 rings (SSSR count). The minimum atomic E-state index is -0.119. The normalized spacial score (nSPS) is 10.7. The van der Waals surface area contributed by atoms with E-state index < -0.39 is 0 Å². The van der Waals surface area contributed by atoms with Gasteiger partial charge in [-0.1, -0.05) is 64.7 Å². The van der Waals surface area contributed by atoms with Gasteiger partial charge in [0.05, 0.1) is 6.42 Å². The molecule has 0 atom stereocenters. The zero-order valence-corrected chi connectivity index (χ0v) is 15.0. The zero-order chi connectivity index (χ0) is 17.6. The van der Waals surface area contributed by atoms with Gasteiger partial charge in [-0.3, -0.25) is 4.79 Å². The first-order valence-electron chi connectivity index (χ1n) is 9.41. The summed E-state index contributed by atoms with van der Waals surface area (Å²) in [6.07, 6.45) is 12.8. The first-order chi connectivity index (χ1) is 11.6. The third kappa shape index (κ3) is 9.43. The maximum Gasteiger partial charge on any atom is 0.224 e. The quantitative estimate of drug-likeness (QED) is 0.362. The number of hydrogen-bond acceptors (Lipinski definition) is 3. The zero-order valence-electron chi connectivity index (χ0n) is 15.0. The van der Waals surface area contributed by atoms with Gasteiger partial charge in [0, 0.05) is 12.1 Å². The van der Waals surface area contributed by atoms with Gasteiger partial charge in [0.2, 0.25) is 5.91 Å². The SMILES string of the molecule is CCCCCCCCCCCCNC(=O)Cc1cc(O)ccc1O. The Morgan fingerprint density at radius 2 is 1.50 bits per heavy atom. The van der Waals surface area contributed by atoms with Crippen molar-refractivity contribution in [2.24, 2.45) is 0 Å². The minimum Gasteiger partial charge on any atom is -0.508 e. The number of aromatic hydroxyl groups is 2. The van der Waals surface area contributed by atoms with E-state index in [2.05, 4.69) is 12.2 Å². The number of benzene rings is 1. The Labute approximate surface area is 146 Å². The standard InChI is InChI=1S/C20H33NO3/c1-2-3-4-5-6-7-8-9-10-11-14-21-20(24)16-17-15-18(22)12-13-19(17)23/h12-13,15,22-23H,2-11,14,16H2,1H3,(H,21,24). The van der Waals surface area contributed by atoms with Gasteiger partial charge < -0.3 is 15.5 Å². The molecule has 136 valence electrons. The van der Waals surface area contributed by atoms with Gasteiger partial charge in [-0.2, -0.15) is 0 Å². The summed E-state index contributed by atoms with van der Waals surface area (Å²) in [5, 5.41) is 21.9. The molecule has 0 aromatic heterocycles. The number of rotatable bonds is 13. The van der Waals surface area contributed by atoms with Crippen molar-refractivity contribution in [2.75, 3.05) is 6.54 Å². The van der Waals surface area contributed by atoms with E-state index in [4.69, 9.17) is 0 Å². The largest absolute Gasteiger partial charge is 0.508 e. The van der Waals surface area contributed by atoms with Crippen LogP contribution in [0, 0.1) is 0 Å². The number of carbonyl (C=O) groups is 1. The van der Waals surface area contributed by atoms with Crippen LogP contribution in [0.25, 0.3) is 0 Å². The molecule has 24 heavy (non-hydrogen) atoms. The van der Waals surface area contributed by atoms with E-state index in [1.807, 2.05) is 0 Å². The van der Waals surface area contributed by atoms with Crippen LogP contribution < -0.4 is 5.32 Å². The molecule has 1 aromatic carbocycles. The fourth-order valence-corrected chi connectivity index (χ4v) is 2.79. The van der Waals surface area contributed by atoms with E-state index in [0.717, 1.165) is 12.8 Å². The lowest BCUT2D eigenvalue weighted by Gasteiger charge is -2.07. The Morgan fingerprint density at radius 3 is 2.12 bits per heavy atom. The molecular formula is C20H33NO3. The summed E-state index contributed by atoms with van der Waals surface area (Å²) in [6.45, 7) is 2.92. The molecule has 0 unspecified atom stereocenters. The van der Waals surface area contributed by atoms with Crippen LogP contribution in [0.2, 0.25) is 0 Å². The van der Waals surface area contributed by atoms with Gasteiger partial charge in [-0.25, -0.2) is 0 Å². The number of hydrogen-bond donors (Lipinski definition) is 3.